The van der Waals surface area contributed by atoms with E-state index in [9.17, 15) is 9.59 Å². The van der Waals surface area contributed by atoms with E-state index < -0.39 is 0 Å². The normalized spacial score (nSPS) is 10.1. The van der Waals surface area contributed by atoms with Crippen LogP contribution in [0.3, 0.4) is 0 Å². The van der Waals surface area contributed by atoms with Crippen molar-refractivity contribution in [1.29, 1.82) is 0 Å². The van der Waals surface area contributed by atoms with Crippen LogP contribution < -0.4 is 16.6 Å². The first-order valence-corrected chi connectivity index (χ1v) is 5.48. The van der Waals surface area contributed by atoms with Crippen LogP contribution in [0.2, 0.25) is 0 Å². The fourth-order valence-electron chi connectivity index (χ4n) is 1.48. The van der Waals surface area contributed by atoms with Crippen molar-refractivity contribution in [1.82, 2.24) is 4.98 Å². The number of nitrogens with one attached hydrogen (secondary N) is 2. The quantitative estimate of drug-likeness (QED) is 0.753. The van der Waals surface area contributed by atoms with Gasteiger partial charge in [-0.05, 0) is 23.8 Å². The second-order valence-electron chi connectivity index (χ2n) is 3.80. The summed E-state index contributed by atoms with van der Waals surface area (Å²) in [6.07, 6.45) is 1.38. The Bertz CT molecular complexity index is 582. The number of rotatable bonds is 3. The van der Waals surface area contributed by atoms with Crippen molar-refractivity contribution in [3.05, 3.63) is 64.1 Å². The molecular formula is C13H13N3O2. The van der Waals surface area contributed by atoms with Gasteiger partial charge in [-0.2, -0.15) is 0 Å². The van der Waals surface area contributed by atoms with Crippen molar-refractivity contribution in [2.24, 2.45) is 5.73 Å². The molecule has 18 heavy (non-hydrogen) atoms. The van der Waals surface area contributed by atoms with Crippen LogP contribution >= 0.6 is 0 Å². The number of pyridine rings is 1. The summed E-state index contributed by atoms with van der Waals surface area (Å²) in [4.78, 5) is 25.1. The maximum Gasteiger partial charge on any atom is 0.257 e. The lowest BCUT2D eigenvalue weighted by Crippen LogP contribution is -2.14. The predicted molar refractivity (Wildman–Crippen MR) is 69.3 cm³/mol. The number of hydrogen-bond acceptors (Lipinski definition) is 3. The molecule has 0 aliphatic heterocycles. The molecule has 0 spiro atoms. The number of carbonyl (C=O) groups excluding carboxylic acids is 1. The van der Waals surface area contributed by atoms with E-state index in [0.717, 1.165) is 5.56 Å². The van der Waals surface area contributed by atoms with E-state index in [1.165, 1.54) is 18.3 Å². The molecule has 0 radical (unpaired) electrons. The van der Waals surface area contributed by atoms with Crippen LogP contribution in [0.25, 0.3) is 0 Å². The van der Waals surface area contributed by atoms with E-state index in [1.807, 2.05) is 12.1 Å². The molecular weight excluding hydrogens is 230 g/mol. The summed E-state index contributed by atoms with van der Waals surface area (Å²) in [5, 5.41) is 2.73. The van der Waals surface area contributed by atoms with Gasteiger partial charge in [-0.15, -0.1) is 0 Å². The molecule has 92 valence electrons. The Hall–Kier alpha value is -2.40. The highest BCUT2D eigenvalue weighted by Crippen LogP contribution is 2.10. The second kappa shape index (κ2) is 5.29. The lowest BCUT2D eigenvalue weighted by molar-refractivity contribution is 0.102. The molecule has 4 N–H and O–H groups in total. The first-order valence-electron chi connectivity index (χ1n) is 5.48. The van der Waals surface area contributed by atoms with Crippen molar-refractivity contribution in [2.45, 2.75) is 6.54 Å². The number of benzene rings is 1. The van der Waals surface area contributed by atoms with Crippen LogP contribution in [0.4, 0.5) is 5.69 Å². The average molecular weight is 243 g/mol. The molecule has 0 aliphatic carbocycles. The standard InChI is InChI=1S/C13H13N3O2/c14-7-9-1-4-11(5-2-9)16-13(18)10-3-6-12(17)15-8-10/h1-6,8H,7,14H2,(H,15,17)(H,16,18). The second-order valence-corrected chi connectivity index (χ2v) is 3.80. The van der Waals surface area contributed by atoms with E-state index in [2.05, 4.69) is 10.3 Å². The molecule has 0 atom stereocenters. The molecule has 0 aliphatic rings. The number of anilines is 1. The zero-order chi connectivity index (χ0) is 13.0. The molecule has 1 aromatic carbocycles. The van der Waals surface area contributed by atoms with Crippen molar-refractivity contribution < 1.29 is 4.79 Å². The predicted octanol–water partition coefficient (Wildman–Crippen LogP) is 1.09. The number of nitrogens with two attached hydrogens (primary N) is 1. The highest BCUT2D eigenvalue weighted by Gasteiger charge is 2.05. The third-order valence-electron chi connectivity index (χ3n) is 2.49. The lowest BCUT2D eigenvalue weighted by atomic mass is 10.2. The highest BCUT2D eigenvalue weighted by atomic mass is 16.1. The van der Waals surface area contributed by atoms with Gasteiger partial charge in [0.25, 0.3) is 5.91 Å². The van der Waals surface area contributed by atoms with Gasteiger partial charge in [0.1, 0.15) is 0 Å². The van der Waals surface area contributed by atoms with Gasteiger partial charge in [-0.1, -0.05) is 12.1 Å². The minimum absolute atomic E-state index is 0.237. The number of hydrogen-bond donors (Lipinski definition) is 3. The molecule has 1 aromatic heterocycles. The lowest BCUT2D eigenvalue weighted by Gasteiger charge is -2.05. The van der Waals surface area contributed by atoms with Gasteiger partial charge in [0, 0.05) is 24.5 Å². The van der Waals surface area contributed by atoms with Crippen LogP contribution in [0, 0.1) is 0 Å². The van der Waals surface area contributed by atoms with Crippen LogP contribution in [0.5, 0.6) is 0 Å². The Morgan fingerprint density at radius 3 is 2.44 bits per heavy atom. The van der Waals surface area contributed by atoms with E-state index >= 15 is 0 Å². The first kappa shape index (κ1) is 12.1. The Kier molecular flexibility index (Phi) is 3.54. The molecule has 2 aromatic rings. The summed E-state index contributed by atoms with van der Waals surface area (Å²) in [6, 6.07) is 10.1. The van der Waals surface area contributed by atoms with Crippen molar-refractivity contribution in [2.75, 3.05) is 5.32 Å². The summed E-state index contributed by atoms with van der Waals surface area (Å²) in [5.74, 6) is -0.272. The SMILES string of the molecule is NCc1ccc(NC(=O)c2ccc(=O)[nH]c2)cc1. The number of H-pyrrole nitrogens is 1. The van der Waals surface area contributed by atoms with Crippen LogP contribution in [0.1, 0.15) is 15.9 Å². The minimum Gasteiger partial charge on any atom is -0.328 e. The van der Waals surface area contributed by atoms with Crippen molar-refractivity contribution in [3.8, 4) is 0 Å². The molecule has 0 saturated heterocycles. The molecule has 1 amide bonds. The van der Waals surface area contributed by atoms with Gasteiger partial charge in [-0.25, -0.2) is 0 Å². The topological polar surface area (TPSA) is 88.0 Å². The average Bonchev–Trinajstić information content (AvgIpc) is 2.40. The van der Waals surface area contributed by atoms with Gasteiger partial charge < -0.3 is 16.0 Å². The Morgan fingerprint density at radius 2 is 1.89 bits per heavy atom. The zero-order valence-corrected chi connectivity index (χ0v) is 9.64. The number of aromatic amines is 1. The van der Waals surface area contributed by atoms with E-state index in [1.54, 1.807) is 12.1 Å². The monoisotopic (exact) mass is 243 g/mol. The fourth-order valence-corrected chi connectivity index (χ4v) is 1.48. The fraction of sp³-hybridized carbons (Fsp3) is 0.0769. The third kappa shape index (κ3) is 2.83. The van der Waals surface area contributed by atoms with Gasteiger partial charge >= 0.3 is 0 Å². The molecule has 0 fully saturated rings. The highest BCUT2D eigenvalue weighted by molar-refractivity contribution is 6.03. The number of aromatic nitrogens is 1. The van der Waals surface area contributed by atoms with Crippen LogP contribution in [0.15, 0.2) is 47.4 Å². The molecule has 1 heterocycles. The smallest absolute Gasteiger partial charge is 0.257 e. The largest absolute Gasteiger partial charge is 0.328 e. The van der Waals surface area contributed by atoms with Crippen molar-refractivity contribution >= 4 is 11.6 Å². The third-order valence-corrected chi connectivity index (χ3v) is 2.49. The molecule has 0 unspecified atom stereocenters. The molecule has 0 bridgehead atoms. The van der Waals surface area contributed by atoms with Gasteiger partial charge in [0.2, 0.25) is 5.56 Å². The van der Waals surface area contributed by atoms with Gasteiger partial charge in [-0.3, -0.25) is 9.59 Å². The van der Waals surface area contributed by atoms with E-state index in [0.29, 0.717) is 17.8 Å². The molecule has 0 saturated carbocycles. The molecule has 2 rings (SSSR count). The maximum absolute atomic E-state index is 11.8. The molecule has 5 nitrogen and oxygen atoms in total. The Morgan fingerprint density at radius 1 is 1.17 bits per heavy atom. The van der Waals surface area contributed by atoms with Crippen LogP contribution in [-0.2, 0) is 6.54 Å². The van der Waals surface area contributed by atoms with E-state index in [4.69, 9.17) is 5.73 Å². The Labute approximate surface area is 104 Å². The summed E-state index contributed by atoms with van der Waals surface area (Å²) in [7, 11) is 0. The first-order chi connectivity index (χ1) is 8.69. The molecule has 5 heteroatoms. The number of carbonyl (C=O) groups is 1. The minimum atomic E-state index is -0.272. The van der Waals surface area contributed by atoms with Gasteiger partial charge in [0.05, 0.1) is 5.56 Å². The van der Waals surface area contributed by atoms with Crippen molar-refractivity contribution in [3.63, 3.8) is 0 Å². The number of amides is 1. The maximum atomic E-state index is 11.8. The van der Waals surface area contributed by atoms with Gasteiger partial charge in [0.15, 0.2) is 0 Å². The Balaban J connectivity index is 2.10. The summed E-state index contributed by atoms with van der Waals surface area (Å²) in [5.41, 5.74) is 7.33. The van der Waals surface area contributed by atoms with E-state index in [-0.39, 0.29) is 11.5 Å². The zero-order valence-electron chi connectivity index (χ0n) is 9.64. The summed E-state index contributed by atoms with van der Waals surface area (Å²) in [6.45, 7) is 0.466. The summed E-state index contributed by atoms with van der Waals surface area (Å²) < 4.78 is 0. The van der Waals surface area contributed by atoms with Crippen LogP contribution in [-0.4, -0.2) is 10.9 Å². The summed E-state index contributed by atoms with van der Waals surface area (Å²) >= 11 is 0.